The van der Waals surface area contributed by atoms with Gasteiger partial charge >= 0.3 is 0 Å². The van der Waals surface area contributed by atoms with Crippen molar-refractivity contribution in [3.8, 4) is 0 Å². The summed E-state index contributed by atoms with van der Waals surface area (Å²) in [5, 5.41) is 2.11. The highest BCUT2D eigenvalue weighted by molar-refractivity contribution is 14.1. The van der Waals surface area contributed by atoms with Crippen LogP contribution in [0.5, 0.6) is 0 Å². The monoisotopic (exact) mass is 279 g/mol. The fraction of sp³-hybridized carbons (Fsp3) is 0.250. The summed E-state index contributed by atoms with van der Waals surface area (Å²) >= 11 is 4.03. The van der Waals surface area contributed by atoms with Gasteiger partial charge in [0.1, 0.15) is 0 Å². The zero-order valence-corrected chi connectivity index (χ0v) is 9.06. The zero-order chi connectivity index (χ0) is 8.27. The number of thiophene rings is 1. The molecule has 2 N–H and O–H groups in total. The van der Waals surface area contributed by atoms with E-state index in [0.717, 1.165) is 6.42 Å². The van der Waals surface area contributed by atoms with Gasteiger partial charge in [0.15, 0.2) is 0 Å². The summed E-state index contributed by atoms with van der Waals surface area (Å²) in [5.74, 6) is 0. The van der Waals surface area contributed by atoms with Crippen LogP contribution in [0.2, 0.25) is 0 Å². The Kier molecular flexibility index (Phi) is 3.54. The molecule has 1 unspecified atom stereocenters. The first kappa shape index (κ1) is 9.22. The molecule has 1 atom stereocenters. The first-order chi connectivity index (χ1) is 5.24. The average molecular weight is 279 g/mol. The van der Waals surface area contributed by atoms with E-state index >= 15 is 0 Å². The molecule has 0 aliphatic rings. The number of nitrogens with two attached hydrogens (primary N) is 1. The fourth-order valence-corrected chi connectivity index (χ4v) is 2.27. The minimum Gasteiger partial charge on any atom is -0.324 e. The van der Waals surface area contributed by atoms with Gasteiger partial charge in [0, 0.05) is 6.04 Å². The standard InChI is InChI=1S/C8H10INS/c1-2-3-7(10)6-4-8(9)11-5-6/h2,4-5,7H,1,3,10H2. The maximum absolute atomic E-state index is 5.85. The third-order valence-electron chi connectivity index (χ3n) is 1.44. The molecule has 1 aromatic rings. The van der Waals surface area contributed by atoms with Crippen molar-refractivity contribution < 1.29 is 0 Å². The molecule has 0 radical (unpaired) electrons. The van der Waals surface area contributed by atoms with Gasteiger partial charge in [-0.1, -0.05) is 6.08 Å². The van der Waals surface area contributed by atoms with Crippen LogP contribution in [-0.4, -0.2) is 0 Å². The number of hydrogen-bond donors (Lipinski definition) is 1. The predicted octanol–water partition coefficient (Wildman–Crippen LogP) is 2.93. The van der Waals surface area contributed by atoms with E-state index in [9.17, 15) is 0 Å². The summed E-state index contributed by atoms with van der Waals surface area (Å²) < 4.78 is 1.29. The third kappa shape index (κ3) is 2.57. The lowest BCUT2D eigenvalue weighted by Gasteiger charge is -2.04. The molecule has 60 valence electrons. The molecule has 0 fully saturated rings. The number of hydrogen-bond acceptors (Lipinski definition) is 2. The smallest absolute Gasteiger partial charge is 0.0656 e. The highest BCUT2D eigenvalue weighted by Gasteiger charge is 2.04. The van der Waals surface area contributed by atoms with E-state index in [4.69, 9.17) is 5.73 Å². The first-order valence-electron chi connectivity index (χ1n) is 3.34. The van der Waals surface area contributed by atoms with Crippen LogP contribution in [0.1, 0.15) is 18.0 Å². The lowest BCUT2D eigenvalue weighted by atomic mass is 10.1. The molecule has 0 spiro atoms. The summed E-state index contributed by atoms with van der Waals surface area (Å²) in [6.07, 6.45) is 2.71. The van der Waals surface area contributed by atoms with Crippen LogP contribution in [0.3, 0.4) is 0 Å². The minimum absolute atomic E-state index is 0.132. The van der Waals surface area contributed by atoms with E-state index in [2.05, 4.69) is 40.6 Å². The van der Waals surface area contributed by atoms with E-state index in [1.165, 1.54) is 8.45 Å². The summed E-state index contributed by atoms with van der Waals surface area (Å²) in [4.78, 5) is 0. The Bertz CT molecular complexity index is 244. The summed E-state index contributed by atoms with van der Waals surface area (Å²) in [5.41, 5.74) is 7.07. The Labute approximate surface area is 84.4 Å². The second-order valence-electron chi connectivity index (χ2n) is 2.32. The molecule has 0 aliphatic heterocycles. The molecule has 0 aromatic carbocycles. The molecule has 0 saturated heterocycles. The van der Waals surface area contributed by atoms with Gasteiger partial charge in [-0.2, -0.15) is 0 Å². The molecule has 1 rings (SSSR count). The van der Waals surface area contributed by atoms with Gasteiger partial charge in [-0.05, 0) is 46.0 Å². The lowest BCUT2D eigenvalue weighted by molar-refractivity contribution is 0.745. The minimum atomic E-state index is 0.132. The molecular formula is C8H10INS. The van der Waals surface area contributed by atoms with Crippen LogP contribution in [0.15, 0.2) is 24.1 Å². The normalized spacial score (nSPS) is 12.9. The van der Waals surface area contributed by atoms with E-state index in [0.29, 0.717) is 0 Å². The van der Waals surface area contributed by atoms with Crippen molar-refractivity contribution in [2.75, 3.05) is 0 Å². The number of halogens is 1. The van der Waals surface area contributed by atoms with Gasteiger partial charge in [0.25, 0.3) is 0 Å². The summed E-state index contributed by atoms with van der Waals surface area (Å²) in [7, 11) is 0. The Morgan fingerprint density at radius 3 is 3.00 bits per heavy atom. The molecule has 1 aromatic heterocycles. The highest BCUT2D eigenvalue weighted by atomic mass is 127. The van der Waals surface area contributed by atoms with Crippen molar-refractivity contribution in [1.82, 2.24) is 0 Å². The van der Waals surface area contributed by atoms with Crippen LogP contribution in [0.4, 0.5) is 0 Å². The van der Waals surface area contributed by atoms with Gasteiger partial charge in [-0.15, -0.1) is 17.9 Å². The maximum Gasteiger partial charge on any atom is 0.0656 e. The van der Waals surface area contributed by atoms with Gasteiger partial charge in [-0.3, -0.25) is 0 Å². The molecule has 0 amide bonds. The van der Waals surface area contributed by atoms with Crippen molar-refractivity contribution in [2.45, 2.75) is 12.5 Å². The topological polar surface area (TPSA) is 26.0 Å². The van der Waals surface area contributed by atoms with E-state index < -0.39 is 0 Å². The Morgan fingerprint density at radius 2 is 2.55 bits per heavy atom. The van der Waals surface area contributed by atoms with Crippen LogP contribution >= 0.6 is 33.9 Å². The zero-order valence-electron chi connectivity index (χ0n) is 6.09. The predicted molar refractivity (Wildman–Crippen MR) is 58.8 cm³/mol. The van der Waals surface area contributed by atoms with E-state index in [1.54, 1.807) is 11.3 Å². The quantitative estimate of drug-likeness (QED) is 0.668. The maximum atomic E-state index is 5.85. The lowest BCUT2D eigenvalue weighted by Crippen LogP contribution is -2.07. The summed E-state index contributed by atoms with van der Waals surface area (Å²) in [6, 6.07) is 2.26. The van der Waals surface area contributed by atoms with Crippen molar-refractivity contribution in [2.24, 2.45) is 5.73 Å². The molecule has 0 saturated carbocycles. The third-order valence-corrected chi connectivity index (χ3v) is 3.24. The molecule has 0 bridgehead atoms. The van der Waals surface area contributed by atoms with Crippen molar-refractivity contribution >= 4 is 33.9 Å². The van der Waals surface area contributed by atoms with Gasteiger partial charge < -0.3 is 5.73 Å². The molecule has 0 aliphatic carbocycles. The van der Waals surface area contributed by atoms with Crippen LogP contribution in [0, 0.1) is 2.88 Å². The summed E-state index contributed by atoms with van der Waals surface area (Å²) in [6.45, 7) is 3.65. The van der Waals surface area contributed by atoms with Gasteiger partial charge in [0.2, 0.25) is 0 Å². The second-order valence-corrected chi connectivity index (χ2v) is 5.12. The average Bonchev–Trinajstić information content (AvgIpc) is 2.36. The second kappa shape index (κ2) is 4.23. The highest BCUT2D eigenvalue weighted by Crippen LogP contribution is 2.22. The van der Waals surface area contributed by atoms with Gasteiger partial charge in [-0.25, -0.2) is 0 Å². The SMILES string of the molecule is C=CCC(N)c1csc(I)c1. The molecular weight excluding hydrogens is 269 g/mol. The van der Waals surface area contributed by atoms with Crippen LogP contribution in [0.25, 0.3) is 0 Å². The van der Waals surface area contributed by atoms with Crippen LogP contribution in [-0.2, 0) is 0 Å². The molecule has 1 nitrogen and oxygen atoms in total. The largest absolute Gasteiger partial charge is 0.324 e. The molecule has 3 heteroatoms. The first-order valence-corrected chi connectivity index (χ1v) is 5.30. The van der Waals surface area contributed by atoms with E-state index in [1.807, 2.05) is 6.08 Å². The number of rotatable bonds is 3. The van der Waals surface area contributed by atoms with E-state index in [-0.39, 0.29) is 6.04 Å². The van der Waals surface area contributed by atoms with Crippen molar-refractivity contribution in [1.29, 1.82) is 0 Å². The van der Waals surface area contributed by atoms with Crippen LogP contribution < -0.4 is 5.73 Å². The Morgan fingerprint density at radius 1 is 1.82 bits per heavy atom. The fourth-order valence-electron chi connectivity index (χ4n) is 0.833. The van der Waals surface area contributed by atoms with Crippen molar-refractivity contribution in [3.63, 3.8) is 0 Å². The Balaban J connectivity index is 2.67. The Hall–Kier alpha value is 0.130. The van der Waals surface area contributed by atoms with Crippen molar-refractivity contribution in [3.05, 3.63) is 32.5 Å². The van der Waals surface area contributed by atoms with Gasteiger partial charge in [0.05, 0.1) is 2.88 Å². The molecule has 11 heavy (non-hydrogen) atoms. The molecule has 1 heterocycles.